The molecular weight excluding hydrogens is 307 g/mol. The Kier molecular flexibility index (Phi) is 4.29. The molecule has 1 aromatic carbocycles. The molecule has 0 atom stereocenters. The molecule has 0 aliphatic rings. The smallest absolute Gasteiger partial charge is 0.250 e. The van der Waals surface area contributed by atoms with Crippen molar-refractivity contribution in [3.05, 3.63) is 53.7 Å². The number of halogens is 2. The van der Waals surface area contributed by atoms with Gasteiger partial charge in [0.05, 0.1) is 17.1 Å². The second-order valence-corrected chi connectivity index (χ2v) is 4.89. The van der Waals surface area contributed by atoms with Crippen molar-refractivity contribution in [2.75, 3.05) is 18.5 Å². The van der Waals surface area contributed by atoms with Gasteiger partial charge in [-0.25, -0.2) is 19.3 Å². The van der Waals surface area contributed by atoms with E-state index in [1.165, 1.54) is 12.5 Å². The van der Waals surface area contributed by atoms with E-state index in [0.29, 0.717) is 12.4 Å². The SMILES string of the molecule is Fc1cc(Cl)cnc1OCCNc1ncnc2ccccc12. The first-order valence-electron chi connectivity index (χ1n) is 6.61. The van der Waals surface area contributed by atoms with E-state index in [2.05, 4.69) is 20.3 Å². The minimum absolute atomic E-state index is 0.0706. The van der Waals surface area contributed by atoms with Crippen LogP contribution in [0.3, 0.4) is 0 Å². The maximum atomic E-state index is 13.5. The molecule has 0 unspecified atom stereocenters. The number of hydrogen-bond acceptors (Lipinski definition) is 5. The third-order valence-corrected chi connectivity index (χ3v) is 3.16. The number of aromatic nitrogens is 3. The molecule has 22 heavy (non-hydrogen) atoms. The third kappa shape index (κ3) is 3.23. The Bertz CT molecular complexity index is 794. The van der Waals surface area contributed by atoms with E-state index < -0.39 is 5.82 Å². The Hall–Kier alpha value is -2.47. The Morgan fingerprint density at radius 1 is 1.18 bits per heavy atom. The summed E-state index contributed by atoms with van der Waals surface area (Å²) in [6.45, 7) is 0.689. The molecule has 2 aromatic heterocycles. The maximum Gasteiger partial charge on any atom is 0.250 e. The number of nitrogens with zero attached hydrogens (tertiary/aromatic N) is 3. The minimum Gasteiger partial charge on any atom is -0.474 e. The first-order chi connectivity index (χ1) is 10.7. The summed E-state index contributed by atoms with van der Waals surface area (Å²) in [5.41, 5.74) is 0.853. The van der Waals surface area contributed by atoms with E-state index in [1.54, 1.807) is 0 Å². The molecule has 0 aliphatic carbocycles. The molecule has 3 aromatic rings. The average molecular weight is 319 g/mol. The molecule has 0 amide bonds. The fraction of sp³-hybridized carbons (Fsp3) is 0.133. The molecular formula is C15H12ClFN4O. The Morgan fingerprint density at radius 3 is 2.91 bits per heavy atom. The van der Waals surface area contributed by atoms with Crippen molar-refractivity contribution in [2.45, 2.75) is 0 Å². The van der Waals surface area contributed by atoms with E-state index in [4.69, 9.17) is 16.3 Å². The maximum absolute atomic E-state index is 13.5. The van der Waals surface area contributed by atoms with Gasteiger partial charge in [0.1, 0.15) is 18.8 Å². The second-order valence-electron chi connectivity index (χ2n) is 4.46. The number of benzene rings is 1. The predicted molar refractivity (Wildman–Crippen MR) is 82.7 cm³/mol. The molecule has 0 saturated carbocycles. The Morgan fingerprint density at radius 2 is 2.05 bits per heavy atom. The number of rotatable bonds is 5. The summed E-state index contributed by atoms with van der Waals surface area (Å²) in [5, 5.41) is 4.29. The van der Waals surface area contributed by atoms with Gasteiger partial charge in [-0.3, -0.25) is 0 Å². The largest absolute Gasteiger partial charge is 0.474 e. The van der Waals surface area contributed by atoms with Crippen molar-refractivity contribution in [2.24, 2.45) is 0 Å². The highest BCUT2D eigenvalue weighted by Crippen LogP contribution is 2.19. The summed E-state index contributed by atoms with van der Waals surface area (Å²) >= 11 is 5.63. The van der Waals surface area contributed by atoms with E-state index in [1.807, 2.05) is 24.3 Å². The van der Waals surface area contributed by atoms with Crippen LogP contribution in [0.1, 0.15) is 0 Å². The molecule has 0 saturated heterocycles. The van der Waals surface area contributed by atoms with Crippen LogP contribution in [0.2, 0.25) is 5.02 Å². The molecule has 7 heteroatoms. The van der Waals surface area contributed by atoms with Crippen molar-refractivity contribution in [3.8, 4) is 5.88 Å². The topological polar surface area (TPSA) is 59.9 Å². The van der Waals surface area contributed by atoms with E-state index in [-0.39, 0.29) is 17.5 Å². The third-order valence-electron chi connectivity index (χ3n) is 2.95. The van der Waals surface area contributed by atoms with Gasteiger partial charge in [0, 0.05) is 11.6 Å². The van der Waals surface area contributed by atoms with E-state index >= 15 is 0 Å². The molecule has 0 bridgehead atoms. The van der Waals surface area contributed by atoms with Gasteiger partial charge in [-0.1, -0.05) is 23.7 Å². The predicted octanol–water partition coefficient (Wildman–Crippen LogP) is 3.31. The van der Waals surface area contributed by atoms with Crippen LogP contribution in [-0.4, -0.2) is 28.1 Å². The number of hydrogen-bond donors (Lipinski definition) is 1. The zero-order chi connectivity index (χ0) is 15.4. The lowest BCUT2D eigenvalue weighted by molar-refractivity contribution is 0.301. The van der Waals surface area contributed by atoms with Gasteiger partial charge in [0.2, 0.25) is 0 Å². The van der Waals surface area contributed by atoms with Gasteiger partial charge in [0.25, 0.3) is 5.88 Å². The summed E-state index contributed by atoms with van der Waals surface area (Å²) < 4.78 is 18.8. The van der Waals surface area contributed by atoms with Gasteiger partial charge in [-0.05, 0) is 18.2 Å². The normalized spacial score (nSPS) is 10.6. The Balaban J connectivity index is 1.61. The van der Waals surface area contributed by atoms with Crippen LogP contribution in [0.15, 0.2) is 42.9 Å². The Labute approximate surface area is 131 Å². The molecule has 3 rings (SSSR count). The van der Waals surface area contributed by atoms with Crippen molar-refractivity contribution in [1.82, 2.24) is 15.0 Å². The van der Waals surface area contributed by atoms with Crippen LogP contribution < -0.4 is 10.1 Å². The first-order valence-corrected chi connectivity index (χ1v) is 6.99. The van der Waals surface area contributed by atoms with Crippen molar-refractivity contribution in [3.63, 3.8) is 0 Å². The summed E-state index contributed by atoms with van der Waals surface area (Å²) in [7, 11) is 0. The molecule has 0 radical (unpaired) electrons. The lowest BCUT2D eigenvalue weighted by Crippen LogP contribution is -2.13. The quantitative estimate of drug-likeness (QED) is 0.731. The molecule has 2 heterocycles. The number of anilines is 1. The summed E-state index contributed by atoms with van der Waals surface area (Å²) in [4.78, 5) is 12.2. The van der Waals surface area contributed by atoms with E-state index in [0.717, 1.165) is 17.0 Å². The van der Waals surface area contributed by atoms with Crippen LogP contribution in [-0.2, 0) is 0 Å². The van der Waals surface area contributed by atoms with Crippen molar-refractivity contribution in [1.29, 1.82) is 0 Å². The van der Waals surface area contributed by atoms with Crippen LogP contribution in [0.5, 0.6) is 5.88 Å². The number of fused-ring (bicyclic) bond motifs is 1. The highest BCUT2D eigenvalue weighted by molar-refractivity contribution is 6.30. The zero-order valence-corrected chi connectivity index (χ0v) is 12.2. The summed E-state index contributed by atoms with van der Waals surface area (Å²) in [6, 6.07) is 8.83. The van der Waals surface area contributed by atoms with Gasteiger partial charge in [0.15, 0.2) is 5.82 Å². The lowest BCUT2D eigenvalue weighted by Gasteiger charge is -2.09. The molecule has 5 nitrogen and oxygen atoms in total. The molecule has 0 fully saturated rings. The molecule has 0 aliphatic heterocycles. The van der Waals surface area contributed by atoms with Gasteiger partial charge >= 0.3 is 0 Å². The minimum atomic E-state index is -0.583. The molecule has 1 N–H and O–H groups in total. The highest BCUT2D eigenvalue weighted by atomic mass is 35.5. The summed E-state index contributed by atoms with van der Waals surface area (Å²) in [6.07, 6.45) is 2.83. The van der Waals surface area contributed by atoms with Gasteiger partial charge < -0.3 is 10.1 Å². The number of pyridine rings is 1. The second kappa shape index (κ2) is 6.53. The highest BCUT2D eigenvalue weighted by Gasteiger charge is 2.06. The monoisotopic (exact) mass is 318 g/mol. The van der Waals surface area contributed by atoms with Gasteiger partial charge in [-0.15, -0.1) is 0 Å². The molecule has 112 valence electrons. The van der Waals surface area contributed by atoms with Gasteiger partial charge in [-0.2, -0.15) is 0 Å². The average Bonchev–Trinajstić information content (AvgIpc) is 2.53. The van der Waals surface area contributed by atoms with Crippen LogP contribution in [0.25, 0.3) is 10.9 Å². The fourth-order valence-electron chi connectivity index (χ4n) is 1.97. The zero-order valence-electron chi connectivity index (χ0n) is 11.5. The molecule has 0 spiro atoms. The van der Waals surface area contributed by atoms with Crippen LogP contribution >= 0.6 is 11.6 Å². The first kappa shape index (κ1) is 14.5. The van der Waals surface area contributed by atoms with E-state index in [9.17, 15) is 4.39 Å². The van der Waals surface area contributed by atoms with Crippen LogP contribution in [0.4, 0.5) is 10.2 Å². The fourth-order valence-corrected chi connectivity index (χ4v) is 2.12. The van der Waals surface area contributed by atoms with Crippen molar-refractivity contribution < 1.29 is 9.13 Å². The lowest BCUT2D eigenvalue weighted by atomic mass is 10.2. The number of para-hydroxylation sites is 1. The number of ether oxygens (including phenoxy) is 1. The number of nitrogens with one attached hydrogen (secondary N) is 1. The van der Waals surface area contributed by atoms with Crippen molar-refractivity contribution >= 4 is 28.3 Å². The summed E-state index contributed by atoms with van der Waals surface area (Å²) in [5.74, 6) is 0.0532. The van der Waals surface area contributed by atoms with Crippen LogP contribution in [0, 0.1) is 5.82 Å². The standard InChI is InChI=1S/C15H12ClFN4O/c16-10-7-12(17)15(19-8-10)22-6-5-18-14-11-3-1-2-4-13(11)20-9-21-14/h1-4,7-9H,5-6H2,(H,18,20,21).